The van der Waals surface area contributed by atoms with Gasteiger partial charge in [-0.25, -0.2) is 4.58 Å². The number of piperidine rings is 1. The van der Waals surface area contributed by atoms with Gasteiger partial charge < -0.3 is 4.74 Å². The molecule has 0 bridgehead atoms. The third-order valence-electron chi connectivity index (χ3n) is 4.87. The van der Waals surface area contributed by atoms with Crippen molar-refractivity contribution >= 4 is 14.2 Å². The van der Waals surface area contributed by atoms with Crippen LogP contribution in [0.25, 0.3) is 0 Å². The third kappa shape index (κ3) is 10.3. The van der Waals surface area contributed by atoms with Gasteiger partial charge in [-0.1, -0.05) is 45.9 Å². The quantitative estimate of drug-likeness (QED) is 0.195. The summed E-state index contributed by atoms with van der Waals surface area (Å²) in [6.07, 6.45) is 5.83. The van der Waals surface area contributed by atoms with Gasteiger partial charge in [0.05, 0.1) is 0 Å². The van der Waals surface area contributed by atoms with E-state index in [1.807, 2.05) is 6.40 Å². The molecule has 0 aromatic heterocycles. The van der Waals surface area contributed by atoms with E-state index in [-0.39, 0.29) is 0 Å². The van der Waals surface area contributed by atoms with Crippen LogP contribution in [0.5, 0.6) is 5.75 Å². The number of hydrogen-bond acceptors (Lipinski definition) is 1. The van der Waals surface area contributed by atoms with E-state index in [0.717, 1.165) is 5.75 Å². The molecule has 2 rings (SSSR count). The van der Waals surface area contributed by atoms with Crippen molar-refractivity contribution in [3.8, 4) is 5.75 Å². The van der Waals surface area contributed by atoms with Crippen molar-refractivity contribution in [3.63, 3.8) is 0 Å². The van der Waals surface area contributed by atoms with E-state index in [1.165, 1.54) is 30.4 Å². The maximum atomic E-state index is 9.87. The molecular formula is C20H32F6NOP. The van der Waals surface area contributed by atoms with E-state index in [2.05, 4.69) is 64.3 Å². The van der Waals surface area contributed by atoms with Crippen molar-refractivity contribution in [1.82, 2.24) is 0 Å². The Morgan fingerprint density at radius 3 is 1.62 bits per heavy atom. The fourth-order valence-corrected chi connectivity index (χ4v) is 3.38. The van der Waals surface area contributed by atoms with Crippen LogP contribution in [0.1, 0.15) is 83.8 Å². The van der Waals surface area contributed by atoms with Crippen LogP contribution >= 0.6 is 7.81 Å². The number of benzene rings is 1. The van der Waals surface area contributed by atoms with Crippen molar-refractivity contribution in [2.24, 2.45) is 0 Å². The zero-order valence-corrected chi connectivity index (χ0v) is 18.7. The molecule has 0 amide bonds. The molecule has 2 nitrogen and oxygen atoms in total. The molecular weight excluding hydrogens is 415 g/mol. The zero-order chi connectivity index (χ0) is 22.7. The van der Waals surface area contributed by atoms with Gasteiger partial charge in [0.15, 0.2) is 12.1 Å². The fraction of sp³-hybridized carbons (Fsp3) is 0.650. The van der Waals surface area contributed by atoms with Gasteiger partial charge in [-0.3, -0.25) is 0 Å². The minimum atomic E-state index is -10.7. The van der Waals surface area contributed by atoms with Gasteiger partial charge in [0.2, 0.25) is 0 Å². The SMILES string of the molecule is CC(C)c1cccc(C(C)C)c1OC=[N+]1[C@@H](C)CCC[C@@H]1C.F[P-](F)(F)(F)(F)F. The summed E-state index contributed by atoms with van der Waals surface area (Å²) in [6, 6.07) is 7.69. The monoisotopic (exact) mass is 447 g/mol. The molecule has 0 saturated carbocycles. The molecule has 1 aromatic carbocycles. The van der Waals surface area contributed by atoms with Gasteiger partial charge in [-0.05, 0) is 43.2 Å². The Morgan fingerprint density at radius 1 is 0.897 bits per heavy atom. The predicted molar refractivity (Wildman–Crippen MR) is 108 cm³/mol. The Bertz CT molecular complexity index is 678. The molecule has 0 N–H and O–H groups in total. The van der Waals surface area contributed by atoms with Crippen LogP contribution in [0, 0.1) is 0 Å². The molecule has 0 unspecified atom stereocenters. The van der Waals surface area contributed by atoms with E-state index in [0.29, 0.717) is 23.9 Å². The molecule has 0 aliphatic carbocycles. The predicted octanol–water partition coefficient (Wildman–Crippen LogP) is 8.70. The Labute approximate surface area is 169 Å². The zero-order valence-electron chi connectivity index (χ0n) is 17.8. The van der Waals surface area contributed by atoms with Gasteiger partial charge in [0.1, 0.15) is 5.75 Å². The van der Waals surface area contributed by atoms with Gasteiger partial charge in [0, 0.05) is 12.8 Å². The van der Waals surface area contributed by atoms with E-state index in [4.69, 9.17) is 4.74 Å². The summed E-state index contributed by atoms with van der Waals surface area (Å²) >= 11 is 0. The average molecular weight is 447 g/mol. The van der Waals surface area contributed by atoms with E-state index < -0.39 is 7.81 Å². The Kier molecular flexibility index (Phi) is 7.49. The molecule has 1 aliphatic heterocycles. The molecule has 9 heteroatoms. The first-order valence-electron chi connectivity index (χ1n) is 9.83. The third-order valence-corrected chi connectivity index (χ3v) is 4.87. The van der Waals surface area contributed by atoms with Crippen LogP contribution in [-0.2, 0) is 0 Å². The summed E-state index contributed by atoms with van der Waals surface area (Å²) < 4.78 is 67.9. The van der Waals surface area contributed by atoms with Gasteiger partial charge >= 0.3 is 39.4 Å². The number of para-hydroxylation sites is 1. The second-order valence-electron chi connectivity index (χ2n) is 8.33. The summed E-state index contributed by atoms with van der Waals surface area (Å²) in [5, 5.41) is 0. The standard InChI is InChI=1S/C20H32NO.F6P/c1-14(2)18-11-8-12-19(15(3)4)20(18)22-13-21-16(5)9-7-10-17(21)6;1-7(2,3,4,5)6/h8,11-17H,7,9-10H2,1-6H3;/q+1;-1/t16-,17-;/m0./s1. The van der Waals surface area contributed by atoms with Gasteiger partial charge in [-0.15, -0.1) is 0 Å². The summed E-state index contributed by atoms with van der Waals surface area (Å²) in [5.74, 6) is 2.01. The van der Waals surface area contributed by atoms with Crippen molar-refractivity contribution in [2.75, 3.05) is 0 Å². The van der Waals surface area contributed by atoms with E-state index in [9.17, 15) is 25.2 Å². The summed E-state index contributed by atoms with van der Waals surface area (Å²) in [5.41, 5.74) is 2.61. The Morgan fingerprint density at radius 2 is 1.28 bits per heavy atom. The first-order chi connectivity index (χ1) is 12.9. The molecule has 1 aromatic rings. The molecule has 0 spiro atoms. The normalized spacial score (nSPS) is 22.5. The Balaban J connectivity index is 0.000000516. The van der Waals surface area contributed by atoms with Gasteiger partial charge in [-0.2, -0.15) is 0 Å². The summed E-state index contributed by atoms with van der Waals surface area (Å²) in [4.78, 5) is 0. The fourth-order valence-electron chi connectivity index (χ4n) is 3.38. The average Bonchev–Trinajstić information content (AvgIpc) is 2.51. The van der Waals surface area contributed by atoms with Crippen LogP contribution in [0.15, 0.2) is 18.2 Å². The van der Waals surface area contributed by atoms with E-state index in [1.54, 1.807) is 0 Å². The number of rotatable bonds is 4. The first kappa shape index (κ1) is 25.7. The molecule has 1 saturated heterocycles. The second kappa shape index (κ2) is 8.44. The van der Waals surface area contributed by atoms with Crippen LogP contribution in [0.3, 0.4) is 0 Å². The van der Waals surface area contributed by atoms with Gasteiger partial charge in [0.25, 0.3) is 0 Å². The minimum absolute atomic E-state index is 0.471. The van der Waals surface area contributed by atoms with Crippen LogP contribution < -0.4 is 4.74 Å². The molecule has 29 heavy (non-hydrogen) atoms. The Hall–Kier alpha value is -1.30. The van der Waals surface area contributed by atoms with Crippen LogP contribution in [-0.4, -0.2) is 23.1 Å². The summed E-state index contributed by atoms with van der Waals surface area (Å²) in [6.45, 7) is 13.5. The first-order valence-corrected chi connectivity index (χ1v) is 11.9. The second-order valence-corrected chi connectivity index (χ2v) is 10.2. The van der Waals surface area contributed by atoms with Crippen LogP contribution in [0.2, 0.25) is 0 Å². The molecule has 1 heterocycles. The van der Waals surface area contributed by atoms with Crippen molar-refractivity contribution in [1.29, 1.82) is 0 Å². The number of nitrogens with zero attached hydrogens (tertiary/aromatic N) is 1. The maximum absolute atomic E-state index is 10.7. The molecule has 170 valence electrons. The van der Waals surface area contributed by atoms with Crippen molar-refractivity contribution < 1.29 is 34.5 Å². The van der Waals surface area contributed by atoms with Crippen molar-refractivity contribution in [2.45, 2.75) is 84.7 Å². The summed E-state index contributed by atoms with van der Waals surface area (Å²) in [7, 11) is -10.7. The molecule has 1 aliphatic rings. The number of halogens is 6. The van der Waals surface area contributed by atoms with E-state index >= 15 is 0 Å². The molecule has 1 fully saturated rings. The number of ether oxygens (including phenoxy) is 1. The van der Waals surface area contributed by atoms with Crippen LogP contribution in [0.4, 0.5) is 25.2 Å². The van der Waals surface area contributed by atoms with Crippen molar-refractivity contribution in [3.05, 3.63) is 29.3 Å². The topological polar surface area (TPSA) is 12.2 Å². The molecule has 0 radical (unpaired) electrons. The number of hydrogen-bond donors (Lipinski definition) is 0. The molecule has 2 atom stereocenters.